The van der Waals surface area contributed by atoms with E-state index in [9.17, 15) is 9.18 Å². The van der Waals surface area contributed by atoms with Crippen molar-refractivity contribution in [1.29, 1.82) is 0 Å². The van der Waals surface area contributed by atoms with E-state index < -0.39 is 11.4 Å². The van der Waals surface area contributed by atoms with Gasteiger partial charge in [0.05, 0.1) is 25.0 Å². The molecule has 2 aliphatic heterocycles. The van der Waals surface area contributed by atoms with Crippen molar-refractivity contribution in [1.82, 2.24) is 20.6 Å². The number of hydrogen-bond donors (Lipinski definition) is 2. The molecular formula is C24H29FN6O2. The Bertz CT molecular complexity index is 996. The van der Waals surface area contributed by atoms with Gasteiger partial charge in [-0.25, -0.2) is 14.4 Å². The van der Waals surface area contributed by atoms with Gasteiger partial charge in [-0.3, -0.25) is 4.79 Å². The monoisotopic (exact) mass is 452 g/mol. The highest BCUT2D eigenvalue weighted by molar-refractivity contribution is 6.39. The second-order valence-electron chi connectivity index (χ2n) is 9.16. The molecular weight excluding hydrogens is 423 g/mol. The number of nitrogens with zero attached hydrogens (tertiary/aromatic N) is 4. The summed E-state index contributed by atoms with van der Waals surface area (Å²) in [5.74, 6) is -0.167. The number of piperidine rings is 1. The first-order valence-electron chi connectivity index (χ1n) is 11.7. The lowest BCUT2D eigenvalue weighted by molar-refractivity contribution is -0.115. The summed E-state index contributed by atoms with van der Waals surface area (Å²) in [5.41, 5.74) is 0.873. The Labute approximate surface area is 192 Å². The van der Waals surface area contributed by atoms with Crippen LogP contribution >= 0.6 is 0 Å². The summed E-state index contributed by atoms with van der Waals surface area (Å²) in [6, 6.07) is 10.4. The van der Waals surface area contributed by atoms with Crippen molar-refractivity contribution in [3.63, 3.8) is 0 Å². The highest BCUT2D eigenvalue weighted by Gasteiger charge is 2.51. The highest BCUT2D eigenvalue weighted by atomic mass is 19.1. The largest absolute Gasteiger partial charge is 0.385 e. The number of nitrogens with one attached hydrogen (secondary N) is 2. The van der Waals surface area contributed by atoms with Gasteiger partial charge in [-0.2, -0.15) is 0 Å². The first-order valence-corrected chi connectivity index (χ1v) is 11.7. The van der Waals surface area contributed by atoms with Gasteiger partial charge in [-0.15, -0.1) is 0 Å². The lowest BCUT2D eigenvalue weighted by Gasteiger charge is -2.44. The van der Waals surface area contributed by atoms with Crippen molar-refractivity contribution in [3.05, 3.63) is 54.1 Å². The smallest absolute Gasteiger partial charge is 0.269 e. The van der Waals surface area contributed by atoms with E-state index in [1.165, 1.54) is 18.0 Å². The maximum absolute atomic E-state index is 13.3. The summed E-state index contributed by atoms with van der Waals surface area (Å²) in [6.45, 7) is 1.83. The van der Waals surface area contributed by atoms with E-state index in [2.05, 4.69) is 37.9 Å². The zero-order valence-electron chi connectivity index (χ0n) is 18.5. The molecule has 174 valence electrons. The minimum atomic E-state index is -0.729. The molecule has 2 fully saturated rings. The molecule has 0 unspecified atom stereocenters. The molecule has 2 atom stereocenters. The highest BCUT2D eigenvalue weighted by Crippen LogP contribution is 2.35. The van der Waals surface area contributed by atoms with E-state index in [0.29, 0.717) is 37.7 Å². The Morgan fingerprint density at radius 1 is 1.15 bits per heavy atom. The number of carbonyl (C=O) groups excluding carboxylic acids is 1. The normalized spacial score (nSPS) is 25.2. The Hall–Kier alpha value is -3.07. The van der Waals surface area contributed by atoms with Gasteiger partial charge >= 0.3 is 0 Å². The van der Waals surface area contributed by atoms with Gasteiger partial charge in [-0.05, 0) is 24.8 Å². The van der Waals surface area contributed by atoms with E-state index in [0.717, 1.165) is 32.1 Å². The molecule has 1 spiro atoms. The van der Waals surface area contributed by atoms with Gasteiger partial charge in [0, 0.05) is 25.6 Å². The molecule has 1 aromatic carbocycles. The fraction of sp³-hybridized carbons (Fsp3) is 0.500. The Morgan fingerprint density at radius 3 is 2.67 bits per heavy atom. The van der Waals surface area contributed by atoms with E-state index in [4.69, 9.17) is 4.84 Å². The maximum Gasteiger partial charge on any atom is 0.269 e. The predicted molar refractivity (Wildman–Crippen MR) is 122 cm³/mol. The molecule has 3 heterocycles. The number of hydrogen-bond acceptors (Lipinski definition) is 7. The third-order valence-corrected chi connectivity index (χ3v) is 6.82. The van der Waals surface area contributed by atoms with E-state index in [1.54, 1.807) is 0 Å². The van der Waals surface area contributed by atoms with Gasteiger partial charge in [0.2, 0.25) is 5.95 Å². The molecule has 8 nitrogen and oxygen atoms in total. The van der Waals surface area contributed by atoms with Crippen LogP contribution in [-0.4, -0.2) is 52.4 Å². The quantitative estimate of drug-likeness (QED) is 0.700. The van der Waals surface area contributed by atoms with Crippen LogP contribution in [0.2, 0.25) is 0 Å². The van der Waals surface area contributed by atoms with Crippen LogP contribution in [0.5, 0.6) is 0 Å². The average molecular weight is 453 g/mol. The lowest BCUT2D eigenvalue weighted by atomic mass is 9.83. The Morgan fingerprint density at radius 2 is 1.91 bits per heavy atom. The number of oxime groups is 1. The molecule has 1 aromatic heterocycles. The molecule has 0 radical (unpaired) electrons. The van der Waals surface area contributed by atoms with Crippen LogP contribution in [0.15, 0.2) is 47.9 Å². The van der Waals surface area contributed by atoms with Crippen LogP contribution in [0.4, 0.5) is 10.3 Å². The second-order valence-corrected chi connectivity index (χ2v) is 9.16. The lowest BCUT2D eigenvalue weighted by Crippen LogP contribution is -2.62. The molecule has 1 amide bonds. The van der Waals surface area contributed by atoms with Gasteiger partial charge < -0.3 is 20.4 Å². The number of carbonyl (C=O) groups is 1. The third-order valence-electron chi connectivity index (χ3n) is 6.82. The summed E-state index contributed by atoms with van der Waals surface area (Å²) in [7, 11) is 0. The van der Waals surface area contributed by atoms with Crippen LogP contribution in [0.3, 0.4) is 0 Å². The Balaban J connectivity index is 1.32. The topological polar surface area (TPSA) is 91.7 Å². The van der Waals surface area contributed by atoms with Crippen molar-refractivity contribution in [3.8, 4) is 0 Å². The number of rotatable bonds is 6. The molecule has 33 heavy (non-hydrogen) atoms. The van der Waals surface area contributed by atoms with E-state index >= 15 is 0 Å². The van der Waals surface area contributed by atoms with E-state index in [-0.39, 0.29) is 18.0 Å². The Kier molecular flexibility index (Phi) is 6.22. The number of amides is 1. The summed E-state index contributed by atoms with van der Waals surface area (Å²) < 4.78 is 13.3. The van der Waals surface area contributed by atoms with Crippen molar-refractivity contribution in [2.24, 2.45) is 5.16 Å². The van der Waals surface area contributed by atoms with Crippen molar-refractivity contribution < 1.29 is 14.0 Å². The molecule has 1 saturated carbocycles. The fourth-order valence-corrected chi connectivity index (χ4v) is 5.05. The number of anilines is 1. The molecule has 1 saturated heterocycles. The summed E-state index contributed by atoms with van der Waals surface area (Å²) in [5, 5.41) is 11.0. The second kappa shape index (κ2) is 9.43. The predicted octanol–water partition coefficient (Wildman–Crippen LogP) is 2.56. The SMILES string of the molecule is O=C(NC1CCCC1)C1=NO[C@@]2(C1)CN(c1ncc(F)cn1)CC[C@@H]2NCc1ccccc1. The first-order chi connectivity index (χ1) is 16.1. The van der Waals surface area contributed by atoms with Gasteiger partial charge in [0.1, 0.15) is 5.71 Å². The molecule has 2 aromatic rings. The number of benzene rings is 1. The number of aromatic nitrogens is 2. The van der Waals surface area contributed by atoms with Gasteiger partial charge in [0.15, 0.2) is 11.4 Å². The molecule has 5 rings (SSSR count). The summed E-state index contributed by atoms with van der Waals surface area (Å²) >= 11 is 0. The van der Waals surface area contributed by atoms with Crippen LogP contribution in [0, 0.1) is 5.82 Å². The average Bonchev–Trinajstić information content (AvgIpc) is 3.50. The van der Waals surface area contributed by atoms with Crippen LogP contribution in [0.1, 0.15) is 44.1 Å². The zero-order chi connectivity index (χ0) is 22.7. The molecule has 3 aliphatic rings. The third kappa shape index (κ3) is 4.83. The van der Waals surface area contributed by atoms with Crippen molar-refractivity contribution in [2.45, 2.75) is 62.8 Å². The molecule has 9 heteroatoms. The first kappa shape index (κ1) is 21.8. The molecule has 0 bridgehead atoms. The number of halogens is 1. The minimum Gasteiger partial charge on any atom is -0.385 e. The zero-order valence-corrected chi connectivity index (χ0v) is 18.5. The van der Waals surface area contributed by atoms with E-state index in [1.807, 2.05) is 23.1 Å². The van der Waals surface area contributed by atoms with Crippen LogP contribution in [0.25, 0.3) is 0 Å². The standard InChI is InChI=1S/C24H29FN6O2/c25-18-14-27-23(28-15-18)31-11-10-21(26-13-17-6-2-1-3-7-17)24(16-31)12-20(30-33-24)22(32)29-19-8-4-5-9-19/h1-3,6-7,14-15,19,21,26H,4-5,8-13,16H2,(H,29,32)/t21-,24-/m0/s1. The van der Waals surface area contributed by atoms with Crippen LogP contribution < -0.4 is 15.5 Å². The summed E-state index contributed by atoms with van der Waals surface area (Å²) in [4.78, 5) is 29.2. The minimum absolute atomic E-state index is 0.0186. The molecule has 2 N–H and O–H groups in total. The maximum atomic E-state index is 13.3. The van der Waals surface area contributed by atoms with Gasteiger partial charge in [-0.1, -0.05) is 48.3 Å². The van der Waals surface area contributed by atoms with Gasteiger partial charge in [0.25, 0.3) is 5.91 Å². The molecule has 1 aliphatic carbocycles. The van der Waals surface area contributed by atoms with Crippen molar-refractivity contribution in [2.75, 3.05) is 18.0 Å². The van der Waals surface area contributed by atoms with Crippen molar-refractivity contribution >= 4 is 17.6 Å². The van der Waals surface area contributed by atoms with Crippen LogP contribution in [-0.2, 0) is 16.2 Å². The fourth-order valence-electron chi connectivity index (χ4n) is 5.05. The summed E-state index contributed by atoms with van der Waals surface area (Å²) in [6.07, 6.45) is 7.81.